The van der Waals surface area contributed by atoms with Crippen LogP contribution in [0.4, 0.5) is 5.82 Å². The zero-order valence-corrected chi connectivity index (χ0v) is 62.8. The average Bonchev–Trinajstić information content (AvgIpc) is 1.88. The summed E-state index contributed by atoms with van der Waals surface area (Å²) in [6.07, 6.45) is 20.6. The molecule has 8 rings (SSSR count). The number of nitrogens with one attached hydrogen (secondary N) is 4. The van der Waals surface area contributed by atoms with Gasteiger partial charge in [-0.2, -0.15) is 5.10 Å². The molecule has 3 aliphatic rings. The van der Waals surface area contributed by atoms with Gasteiger partial charge in [0.2, 0.25) is 0 Å². The molecule has 10 N–H and O–H groups in total. The molecule has 5 atom stereocenters. The second-order valence-corrected chi connectivity index (χ2v) is 35.6. The van der Waals surface area contributed by atoms with Gasteiger partial charge in [0, 0.05) is 104 Å². The van der Waals surface area contributed by atoms with Crippen molar-refractivity contribution in [3.8, 4) is 11.1 Å². The highest BCUT2D eigenvalue weighted by molar-refractivity contribution is 9.12. The SMILES string of the molecule is C.C.C.C=CC[C@H](NC)c1cc(-c2cnn(COCC[Si](C)(C)C)c2N)ccn1.C=CC[C@H](NC)c1cc(B(O)O)ccn1.C=CC[C@H](NC)c1cc(Cl)ccn1.C=CC[C@H](NS(=O)C(C)(C)C)c1cc(Cl)ccn1.CC1(C)COB(B2OCC(C)(C)CO2)OC1.NC1=C(Br)C=NC1. The molecule has 0 radical (unpaired) electrons. The number of rotatable bonds is 25. The number of anilines is 1. The van der Waals surface area contributed by atoms with Crippen LogP contribution in [-0.4, -0.2) is 145 Å². The number of allylic oxidation sites excluding steroid dienone is 1. The number of aliphatic imine (C=N–C) groups is 1. The van der Waals surface area contributed by atoms with E-state index < -0.39 is 26.2 Å². The lowest BCUT2D eigenvalue weighted by molar-refractivity contribution is 0.00624. The van der Waals surface area contributed by atoms with Crippen LogP contribution in [0.1, 0.15) is 143 Å². The van der Waals surface area contributed by atoms with Crippen LogP contribution in [0.25, 0.3) is 11.1 Å². The van der Waals surface area contributed by atoms with E-state index in [-0.39, 0.29) is 76.0 Å². The molecule has 8 heterocycles. The molecule has 0 aliphatic carbocycles. The summed E-state index contributed by atoms with van der Waals surface area (Å²) in [5.41, 5.74) is 18.5. The first-order valence-corrected chi connectivity index (χ1v) is 37.9. The van der Waals surface area contributed by atoms with E-state index in [4.69, 9.17) is 68.1 Å². The summed E-state index contributed by atoms with van der Waals surface area (Å²) in [5.74, 6) is 0.611. The Morgan fingerprint density at radius 1 is 0.714 bits per heavy atom. The molecule has 0 spiro atoms. The highest BCUT2D eigenvalue weighted by atomic mass is 79.9. The van der Waals surface area contributed by atoms with Crippen LogP contribution >= 0.6 is 39.1 Å². The number of pyridine rings is 4. The van der Waals surface area contributed by atoms with Crippen LogP contribution < -0.4 is 37.6 Å². The molecule has 0 amide bonds. The number of hydrogen-bond donors (Lipinski definition) is 8. The Hall–Kier alpha value is -5.04. The number of ether oxygens (including phenoxy) is 1. The summed E-state index contributed by atoms with van der Waals surface area (Å²) in [4.78, 5) is 21.0. The number of nitrogens with two attached hydrogens (primary N) is 2. The van der Waals surface area contributed by atoms with Gasteiger partial charge in [-0.25, -0.2) is 13.6 Å². The van der Waals surface area contributed by atoms with Gasteiger partial charge in [0.25, 0.3) is 0 Å². The lowest BCUT2D eigenvalue weighted by Crippen LogP contribution is -2.56. The molecular formula is C69H115B3BrCl2N13O8SSi. The second kappa shape index (κ2) is 47.2. The fourth-order valence-corrected chi connectivity index (χ4v) is 10.8. The highest BCUT2D eigenvalue weighted by Crippen LogP contribution is 2.30. The summed E-state index contributed by atoms with van der Waals surface area (Å²) in [7, 11) is 1.21. The molecule has 544 valence electrons. The third-order valence-corrected chi connectivity index (χ3v) is 18.7. The van der Waals surface area contributed by atoms with Crippen molar-refractivity contribution in [2.45, 2.75) is 158 Å². The monoisotopic (exact) mass is 1500 g/mol. The number of nitrogens with zero attached hydrogens (tertiary/aromatic N) is 7. The molecule has 2 saturated heterocycles. The van der Waals surface area contributed by atoms with Crippen LogP contribution in [0.3, 0.4) is 0 Å². The van der Waals surface area contributed by atoms with Crippen LogP contribution in [0.5, 0.6) is 0 Å². The molecule has 5 aromatic rings. The van der Waals surface area contributed by atoms with E-state index in [0.29, 0.717) is 67.4 Å². The predicted octanol–water partition coefficient (Wildman–Crippen LogP) is 13.0. The first kappa shape index (κ1) is 93.0. The number of halogens is 3. The van der Waals surface area contributed by atoms with Gasteiger partial charge >= 0.3 is 21.1 Å². The van der Waals surface area contributed by atoms with E-state index in [9.17, 15) is 4.21 Å². The maximum absolute atomic E-state index is 12.1. The topological polar surface area (TPSA) is 286 Å². The van der Waals surface area contributed by atoms with E-state index in [1.807, 2.05) is 66.2 Å². The van der Waals surface area contributed by atoms with Crippen molar-refractivity contribution in [1.82, 2.24) is 50.4 Å². The third kappa shape index (κ3) is 34.6. The molecule has 2 fully saturated rings. The van der Waals surface area contributed by atoms with Crippen LogP contribution in [0, 0.1) is 10.8 Å². The molecule has 29 heteroatoms. The standard InChI is InChI=1S/C19H31N5OSi.C13H19ClN2OS.C10H20B2O4.C10H15BN2O2.C10H13ClN2.C4H5BrN2.3CH4/c1-6-7-17(21-2)18-12-15(8-9-22-18)16-13-23-24(19(16)20)14-25-10-11-26(3,4)5;1-5-6-11(16-18(17)13(2,3)4)12-9-10(14)7-8-15-12;1-9(2)5-13-11(14-6-9)12-15-7-10(3,4)8-16-12;1-3-4-9(12-2)10-7-8(11(14)15)5-6-13-10;1-3-4-9(12-2)10-7-8(11)5-6-13-10;5-3-1-7-2-4(3)6;;;/h6,8-9,12-13,17,21H,1,7,10-11,14,20H2,2-5H3;5,7-9,11,16H,1,6H2,2-4H3;5-8H2,1-4H3;3,5-7,9,12,14-15H,1,4H2,2H3;3,5-7,9,12H,1,4H2,2H3;1H,2,6H2;3*1H4/t17-;11-,18?;;2*9-;;;;/m00.00..../s1. The normalized spacial score (nSPS) is 15.9. The van der Waals surface area contributed by atoms with Crippen LogP contribution in [0.15, 0.2) is 145 Å². The molecule has 0 bridgehead atoms. The Balaban J connectivity index is 0.00000118. The van der Waals surface area contributed by atoms with E-state index in [1.54, 1.807) is 84.4 Å². The quantitative estimate of drug-likeness (QED) is 0.0153. The van der Waals surface area contributed by atoms with Gasteiger partial charge in [0.1, 0.15) is 12.5 Å². The fraction of sp³-hybridized carbons (Fsp3) is 0.507. The Labute approximate surface area is 610 Å². The summed E-state index contributed by atoms with van der Waals surface area (Å²) in [5, 5.41) is 33.3. The minimum atomic E-state index is -1.45. The molecule has 1 unspecified atom stereocenters. The summed E-state index contributed by atoms with van der Waals surface area (Å²) in [6.45, 7) is 40.7. The van der Waals surface area contributed by atoms with E-state index in [2.05, 4.69) is 146 Å². The van der Waals surface area contributed by atoms with Crippen LogP contribution in [0.2, 0.25) is 35.7 Å². The van der Waals surface area contributed by atoms with Crippen LogP contribution in [-0.2, 0) is 41.1 Å². The second-order valence-electron chi connectivity index (χ2n) is 26.3. The lowest BCUT2D eigenvalue weighted by Gasteiger charge is -2.38. The Morgan fingerprint density at radius 3 is 1.49 bits per heavy atom. The highest BCUT2D eigenvalue weighted by Gasteiger charge is 2.47. The van der Waals surface area contributed by atoms with Crippen molar-refractivity contribution in [1.29, 1.82) is 0 Å². The first-order valence-electron chi connectivity index (χ1n) is 31.5. The van der Waals surface area contributed by atoms with Crippen molar-refractivity contribution in [3.05, 3.63) is 173 Å². The lowest BCUT2D eigenvalue weighted by atomic mass is 9.47. The number of aromatic nitrogens is 6. The molecule has 0 saturated carbocycles. The van der Waals surface area contributed by atoms with Gasteiger partial charge in [-0.15, -0.1) is 26.3 Å². The molecule has 0 aromatic carbocycles. The van der Waals surface area contributed by atoms with E-state index in [0.717, 1.165) is 76.0 Å². The molecule has 98 heavy (non-hydrogen) atoms. The Kier molecular flexibility index (Phi) is 44.8. The Morgan fingerprint density at radius 2 is 1.12 bits per heavy atom. The van der Waals surface area contributed by atoms with Gasteiger partial charge in [0.15, 0.2) is 0 Å². The zero-order chi connectivity index (χ0) is 70.9. The first-order chi connectivity index (χ1) is 44.8. The summed E-state index contributed by atoms with van der Waals surface area (Å²) >= 11 is 15.0. The van der Waals surface area contributed by atoms with Gasteiger partial charge in [-0.05, 0) is 149 Å². The largest absolute Gasteiger partial charge is 0.488 e. The van der Waals surface area contributed by atoms with Gasteiger partial charge in [-0.1, -0.05) is 117 Å². The third-order valence-electron chi connectivity index (χ3n) is 14.2. The zero-order valence-electron chi connectivity index (χ0n) is 57.9. The molecule has 21 nitrogen and oxygen atoms in total. The number of hydrogen-bond acceptors (Lipinski definition) is 19. The smallest absolute Gasteiger partial charge is 0.423 e. The predicted molar refractivity (Wildman–Crippen MR) is 422 cm³/mol. The number of nitrogen functional groups attached to an aromatic ring is 1. The van der Waals surface area contributed by atoms with E-state index in [1.165, 1.54) is 0 Å². The molecular weight excluding hydrogens is 1380 g/mol. The van der Waals surface area contributed by atoms with Crippen molar-refractivity contribution >= 4 is 96.8 Å². The van der Waals surface area contributed by atoms with Crippen molar-refractivity contribution in [2.75, 3.05) is 66.5 Å². The van der Waals surface area contributed by atoms with Crippen molar-refractivity contribution in [3.63, 3.8) is 0 Å². The van der Waals surface area contributed by atoms with Gasteiger partial charge < -0.3 is 60.8 Å². The van der Waals surface area contributed by atoms with Crippen molar-refractivity contribution < 1.29 is 37.6 Å². The maximum Gasteiger partial charge on any atom is 0.488 e. The molecule has 3 aliphatic heterocycles. The molecule has 5 aromatic heterocycles. The minimum absolute atomic E-state index is 0. The maximum atomic E-state index is 12.1. The average molecular weight is 1500 g/mol. The van der Waals surface area contributed by atoms with Crippen molar-refractivity contribution in [2.24, 2.45) is 21.6 Å². The van der Waals surface area contributed by atoms with Gasteiger partial charge in [-0.3, -0.25) is 24.9 Å². The summed E-state index contributed by atoms with van der Waals surface area (Å²) in [6, 6.07) is 15.8. The van der Waals surface area contributed by atoms with Gasteiger partial charge in [0.05, 0.1) is 79.9 Å². The Bertz CT molecular complexity index is 3190. The van der Waals surface area contributed by atoms with E-state index >= 15 is 0 Å². The minimum Gasteiger partial charge on any atom is -0.423 e. The fourth-order valence-electron chi connectivity index (χ4n) is 8.56. The summed E-state index contributed by atoms with van der Waals surface area (Å²) < 4.78 is 45.8.